The van der Waals surface area contributed by atoms with Gasteiger partial charge in [0.1, 0.15) is 22.9 Å². The van der Waals surface area contributed by atoms with Crippen molar-refractivity contribution in [3.63, 3.8) is 0 Å². The van der Waals surface area contributed by atoms with Gasteiger partial charge in [0, 0.05) is 18.2 Å². The number of ether oxygens (including phenoxy) is 1. The van der Waals surface area contributed by atoms with Crippen molar-refractivity contribution >= 4 is 49.3 Å². The first-order valence-electron chi connectivity index (χ1n) is 9.78. The van der Waals surface area contributed by atoms with Gasteiger partial charge in [0.05, 0.1) is 21.2 Å². The molecule has 4 rings (SSSR count). The number of nitrogens with zero attached hydrogens (tertiary/aromatic N) is 3. The highest BCUT2D eigenvalue weighted by Gasteiger charge is 2.13. The minimum absolute atomic E-state index is 0.128. The van der Waals surface area contributed by atoms with Crippen LogP contribution in [0.15, 0.2) is 81.9 Å². The fourth-order valence-corrected chi connectivity index (χ4v) is 3.66. The first-order chi connectivity index (χ1) is 16.5. The number of nitro groups is 1. The molecule has 0 saturated carbocycles. The Labute approximate surface area is 198 Å². The summed E-state index contributed by atoms with van der Waals surface area (Å²) in [7, 11) is -4.33. The van der Waals surface area contributed by atoms with Crippen LogP contribution in [0.5, 0.6) is 17.2 Å². The number of nitrogen functional groups attached to an aromatic ring is 2. The monoisotopic (exact) mass is 495 g/mol. The number of rotatable bonds is 6. The number of fused-ring (bicyclic) bond motifs is 1. The topological polar surface area (TPSA) is 204 Å². The normalized spacial score (nSPS) is 11.7. The number of phenols is 1. The van der Waals surface area contributed by atoms with E-state index in [0.29, 0.717) is 16.5 Å². The summed E-state index contributed by atoms with van der Waals surface area (Å²) in [6.07, 6.45) is 0. The van der Waals surface area contributed by atoms with Gasteiger partial charge in [0.2, 0.25) is 0 Å². The van der Waals surface area contributed by atoms with E-state index in [1.54, 1.807) is 18.2 Å². The number of anilines is 2. The van der Waals surface area contributed by atoms with Crippen molar-refractivity contribution in [3.8, 4) is 17.2 Å². The zero-order valence-electron chi connectivity index (χ0n) is 17.7. The highest BCUT2D eigenvalue weighted by Crippen LogP contribution is 2.38. The second-order valence-electron chi connectivity index (χ2n) is 7.33. The van der Waals surface area contributed by atoms with Crippen LogP contribution in [0.4, 0.5) is 28.4 Å². The number of non-ortho nitro benzene ring substituents is 1. The molecule has 0 radical (unpaired) electrons. The van der Waals surface area contributed by atoms with Crippen molar-refractivity contribution in [1.29, 1.82) is 0 Å². The van der Waals surface area contributed by atoms with Crippen molar-refractivity contribution in [3.05, 3.63) is 76.8 Å². The second kappa shape index (κ2) is 8.89. The molecule has 0 aliphatic heterocycles. The highest BCUT2D eigenvalue weighted by atomic mass is 32.2. The molecule has 0 saturated heterocycles. The van der Waals surface area contributed by atoms with Gasteiger partial charge in [-0.2, -0.15) is 8.42 Å². The molecule has 6 N–H and O–H groups in total. The van der Waals surface area contributed by atoms with Crippen molar-refractivity contribution in [2.75, 3.05) is 11.5 Å². The lowest BCUT2D eigenvalue weighted by molar-refractivity contribution is -0.384. The third-order valence-corrected chi connectivity index (χ3v) is 5.75. The van der Waals surface area contributed by atoms with Crippen LogP contribution in [0, 0.1) is 10.1 Å². The van der Waals surface area contributed by atoms with E-state index in [1.807, 2.05) is 0 Å². The van der Waals surface area contributed by atoms with Crippen LogP contribution in [0.2, 0.25) is 0 Å². The van der Waals surface area contributed by atoms with Gasteiger partial charge in [0.15, 0.2) is 5.75 Å². The Morgan fingerprint density at radius 2 is 1.54 bits per heavy atom. The molecule has 178 valence electrons. The number of phenolic OH excluding ortho intramolecular Hbond substituents is 1. The zero-order valence-corrected chi connectivity index (χ0v) is 18.5. The van der Waals surface area contributed by atoms with Crippen molar-refractivity contribution in [1.82, 2.24) is 0 Å². The number of aromatic hydroxyl groups is 1. The molecule has 13 heteroatoms. The number of hydrogen-bond donors (Lipinski definition) is 4. The molecule has 0 spiro atoms. The molecule has 0 aliphatic carbocycles. The Kier molecular flexibility index (Phi) is 5.94. The molecular weight excluding hydrogens is 478 g/mol. The van der Waals surface area contributed by atoms with Gasteiger partial charge in [-0.15, -0.1) is 10.2 Å². The predicted molar refractivity (Wildman–Crippen MR) is 128 cm³/mol. The summed E-state index contributed by atoms with van der Waals surface area (Å²) in [5.41, 5.74) is 12.1. The predicted octanol–water partition coefficient (Wildman–Crippen LogP) is 5.07. The zero-order chi connectivity index (χ0) is 25.3. The van der Waals surface area contributed by atoms with E-state index < -0.39 is 15.0 Å². The van der Waals surface area contributed by atoms with Gasteiger partial charge >= 0.3 is 0 Å². The molecule has 4 aromatic rings. The maximum Gasteiger partial charge on any atom is 0.294 e. The summed E-state index contributed by atoms with van der Waals surface area (Å²) in [6, 6.07) is 15.1. The first kappa shape index (κ1) is 23.4. The van der Waals surface area contributed by atoms with Gasteiger partial charge in [-0.1, -0.05) is 12.1 Å². The SMILES string of the molecule is Nc1cc(N)c(Oc2ccc3cc(S(=O)(=O)O)ccc3c2)cc1N=Nc1cc([N+](=O)[O-])ccc1O. The number of nitrogens with two attached hydrogens (primary N) is 2. The van der Waals surface area contributed by atoms with E-state index in [9.17, 15) is 28.2 Å². The Morgan fingerprint density at radius 3 is 2.26 bits per heavy atom. The Bertz CT molecular complexity index is 1620. The average molecular weight is 495 g/mol. The maximum atomic E-state index is 11.3. The van der Waals surface area contributed by atoms with Gasteiger partial charge in [-0.05, 0) is 47.2 Å². The van der Waals surface area contributed by atoms with Gasteiger partial charge < -0.3 is 21.3 Å². The van der Waals surface area contributed by atoms with Crippen LogP contribution in [0.3, 0.4) is 0 Å². The molecule has 0 atom stereocenters. The third-order valence-electron chi connectivity index (χ3n) is 4.90. The molecule has 0 aliphatic rings. The summed E-state index contributed by atoms with van der Waals surface area (Å²) in [5, 5.41) is 29.9. The maximum absolute atomic E-state index is 11.3. The second-order valence-corrected chi connectivity index (χ2v) is 8.75. The smallest absolute Gasteiger partial charge is 0.294 e. The fourth-order valence-electron chi connectivity index (χ4n) is 3.14. The highest BCUT2D eigenvalue weighted by molar-refractivity contribution is 7.85. The van der Waals surface area contributed by atoms with E-state index in [-0.39, 0.29) is 44.8 Å². The average Bonchev–Trinajstić information content (AvgIpc) is 2.79. The number of nitro benzene ring substituents is 1. The van der Waals surface area contributed by atoms with E-state index in [4.69, 9.17) is 16.2 Å². The Hall–Kier alpha value is -4.75. The van der Waals surface area contributed by atoms with Crippen molar-refractivity contribution < 1.29 is 27.7 Å². The van der Waals surface area contributed by atoms with Crippen LogP contribution in [-0.2, 0) is 10.1 Å². The molecule has 0 heterocycles. The molecule has 4 aromatic carbocycles. The lowest BCUT2D eigenvalue weighted by atomic mass is 10.1. The van der Waals surface area contributed by atoms with Crippen LogP contribution >= 0.6 is 0 Å². The summed E-state index contributed by atoms with van der Waals surface area (Å²) in [4.78, 5) is 10.1. The van der Waals surface area contributed by atoms with Crippen LogP contribution < -0.4 is 16.2 Å². The fraction of sp³-hybridized carbons (Fsp3) is 0. The lowest BCUT2D eigenvalue weighted by Crippen LogP contribution is -1.97. The van der Waals surface area contributed by atoms with Gasteiger partial charge in [-0.25, -0.2) is 0 Å². The third kappa shape index (κ3) is 5.10. The molecule has 0 amide bonds. The molecule has 35 heavy (non-hydrogen) atoms. The van der Waals surface area contributed by atoms with Crippen LogP contribution in [0.1, 0.15) is 0 Å². The Morgan fingerprint density at radius 1 is 0.857 bits per heavy atom. The first-order valence-corrected chi connectivity index (χ1v) is 11.2. The summed E-state index contributed by atoms with van der Waals surface area (Å²) < 4.78 is 37.7. The van der Waals surface area contributed by atoms with Crippen LogP contribution in [-0.4, -0.2) is 23.0 Å². The minimum atomic E-state index is -4.33. The lowest BCUT2D eigenvalue weighted by Gasteiger charge is -2.11. The molecule has 0 unspecified atom stereocenters. The van der Waals surface area contributed by atoms with Crippen LogP contribution in [0.25, 0.3) is 10.8 Å². The quantitative estimate of drug-likeness (QED) is 0.0924. The van der Waals surface area contributed by atoms with E-state index in [0.717, 1.165) is 18.2 Å². The molecule has 0 bridgehead atoms. The van der Waals surface area contributed by atoms with Gasteiger partial charge in [0.25, 0.3) is 15.8 Å². The standard InChI is InChI=1S/C22H17N5O7S/c23-17-10-18(24)22(11-19(17)25-26-20-9-14(27(29)30)3-6-21(20)28)34-15-4-1-13-8-16(35(31,32)33)5-2-12(13)7-15/h1-11,28H,23-24H2,(H,31,32,33). The summed E-state index contributed by atoms with van der Waals surface area (Å²) in [5.74, 6) is 0.247. The largest absolute Gasteiger partial charge is 0.506 e. The van der Waals surface area contributed by atoms with Crippen molar-refractivity contribution in [2.24, 2.45) is 10.2 Å². The Balaban J connectivity index is 1.64. The molecule has 0 aromatic heterocycles. The minimum Gasteiger partial charge on any atom is -0.506 e. The van der Waals surface area contributed by atoms with E-state index in [2.05, 4.69) is 10.2 Å². The van der Waals surface area contributed by atoms with Gasteiger partial charge in [-0.3, -0.25) is 14.7 Å². The van der Waals surface area contributed by atoms with Crippen molar-refractivity contribution in [2.45, 2.75) is 4.90 Å². The molecular formula is C22H17N5O7S. The summed E-state index contributed by atoms with van der Waals surface area (Å²) >= 11 is 0. The number of benzene rings is 4. The number of hydrogen-bond acceptors (Lipinski definition) is 10. The van der Waals surface area contributed by atoms with E-state index >= 15 is 0 Å². The molecule has 12 nitrogen and oxygen atoms in total. The van der Waals surface area contributed by atoms with E-state index in [1.165, 1.54) is 30.3 Å². The number of azo groups is 1. The summed E-state index contributed by atoms with van der Waals surface area (Å²) in [6.45, 7) is 0. The molecule has 0 fully saturated rings.